The standard InChI is InChI=1S/C55H77N9O10/c1-32(56-9)47(68)61-45(54(3,4)5)52(73)63-28-34(25-42(63)50(71)59-40(30-65)35-17-13-11-14-18-35)26-44(67)37-21-23-38(24-22-37)49(70)58-39-27-43(51(72)60-41(31-66)36-19-15-12-16-20-36)64(29-39)53(74)46(55(6,7)8)62-48(69)33(2)57-10/h11-24,32-34,39-43,45-46,56-57,65-66H,25-31H2,1-10H3,(H,58,70)(H,59,71)(H,60,72)(H,61,68)(H,62,69)/t32-,33-,34+,39-,40-,41-,42-,43-,45+,46+/m0/s1. The van der Waals surface area contributed by atoms with Crippen molar-refractivity contribution in [2.75, 3.05) is 40.4 Å². The van der Waals surface area contributed by atoms with Gasteiger partial charge in [0.1, 0.15) is 24.2 Å². The van der Waals surface area contributed by atoms with E-state index >= 15 is 0 Å². The summed E-state index contributed by atoms with van der Waals surface area (Å²) in [7, 11) is 3.25. The molecule has 19 nitrogen and oxygen atoms in total. The third-order valence-corrected chi connectivity index (χ3v) is 14.0. The quantitative estimate of drug-likeness (QED) is 0.0696. The highest BCUT2D eigenvalue weighted by Gasteiger charge is 2.48. The smallest absolute Gasteiger partial charge is 0.251 e. The molecule has 3 aromatic rings. The van der Waals surface area contributed by atoms with E-state index in [1.54, 1.807) is 97.2 Å². The molecule has 9 N–H and O–H groups in total. The molecule has 0 saturated carbocycles. The Bertz CT molecular complexity index is 2280. The van der Waals surface area contributed by atoms with Gasteiger partial charge in [-0.1, -0.05) is 114 Å². The number of Topliss-reactive ketones (excluding diaryl/α,β-unsaturated/α-hetero) is 1. The minimum absolute atomic E-state index is 0.0231. The van der Waals surface area contributed by atoms with Crippen LogP contribution in [0.4, 0.5) is 0 Å². The van der Waals surface area contributed by atoms with Crippen LogP contribution in [-0.2, 0) is 28.8 Å². The van der Waals surface area contributed by atoms with Crippen LogP contribution in [0, 0.1) is 16.7 Å². The maximum atomic E-state index is 14.5. The van der Waals surface area contributed by atoms with Crippen molar-refractivity contribution in [1.82, 2.24) is 47.0 Å². The van der Waals surface area contributed by atoms with Gasteiger partial charge in [0.2, 0.25) is 35.4 Å². The number of nitrogens with zero attached hydrogens (tertiary/aromatic N) is 2. The Kier molecular flexibility index (Phi) is 20.2. The molecule has 0 spiro atoms. The lowest BCUT2D eigenvalue weighted by Gasteiger charge is -2.36. The maximum absolute atomic E-state index is 14.5. The lowest BCUT2D eigenvalue weighted by Crippen LogP contribution is -2.59. The molecule has 19 heteroatoms. The molecule has 2 aliphatic rings. The van der Waals surface area contributed by atoms with Crippen molar-refractivity contribution in [3.05, 3.63) is 107 Å². The van der Waals surface area contributed by atoms with E-state index < -0.39 is 126 Å². The molecule has 3 aromatic carbocycles. The molecule has 0 unspecified atom stereocenters. The van der Waals surface area contributed by atoms with Crippen LogP contribution in [0.1, 0.15) is 119 Å². The van der Waals surface area contributed by atoms with E-state index in [1.807, 2.05) is 32.9 Å². The molecular formula is C55H77N9O10. The molecule has 10 atom stereocenters. The summed E-state index contributed by atoms with van der Waals surface area (Å²) >= 11 is 0. The van der Waals surface area contributed by atoms with Gasteiger partial charge in [0, 0.05) is 36.7 Å². The lowest BCUT2D eigenvalue weighted by atomic mass is 9.85. The summed E-state index contributed by atoms with van der Waals surface area (Å²) in [5, 5.41) is 40.7. The van der Waals surface area contributed by atoms with E-state index in [0.717, 1.165) is 0 Å². The van der Waals surface area contributed by atoms with Crippen LogP contribution < -0.4 is 37.2 Å². The third-order valence-electron chi connectivity index (χ3n) is 14.0. The first-order chi connectivity index (χ1) is 34.9. The largest absolute Gasteiger partial charge is 0.394 e. The van der Waals surface area contributed by atoms with Crippen LogP contribution in [0.25, 0.3) is 0 Å². The highest BCUT2D eigenvalue weighted by atomic mass is 16.3. The number of hydrogen-bond donors (Lipinski definition) is 9. The highest BCUT2D eigenvalue weighted by molar-refractivity contribution is 6.00. The monoisotopic (exact) mass is 1020 g/mol. The topological polar surface area (TPSA) is 268 Å². The van der Waals surface area contributed by atoms with Crippen LogP contribution in [-0.4, -0.2) is 150 Å². The van der Waals surface area contributed by atoms with Gasteiger partial charge in [-0.25, -0.2) is 0 Å². The van der Waals surface area contributed by atoms with Crippen molar-refractivity contribution in [2.45, 2.75) is 129 Å². The van der Waals surface area contributed by atoms with Crippen molar-refractivity contribution < 1.29 is 48.6 Å². The molecule has 0 aromatic heterocycles. The number of aliphatic hydroxyl groups is 2. The molecule has 5 rings (SSSR count). The van der Waals surface area contributed by atoms with E-state index in [2.05, 4.69) is 37.2 Å². The summed E-state index contributed by atoms with van der Waals surface area (Å²) in [4.78, 5) is 114. The molecule has 74 heavy (non-hydrogen) atoms. The minimum atomic E-state index is -1.08. The lowest BCUT2D eigenvalue weighted by molar-refractivity contribution is -0.144. The Morgan fingerprint density at radius 2 is 0.973 bits per heavy atom. The summed E-state index contributed by atoms with van der Waals surface area (Å²) in [6, 6.07) is 16.2. The fraction of sp³-hybridized carbons (Fsp3) is 0.527. The molecule has 0 aliphatic carbocycles. The van der Waals surface area contributed by atoms with Crippen LogP contribution in [0.3, 0.4) is 0 Å². The molecule has 7 amide bonds. The summed E-state index contributed by atoms with van der Waals surface area (Å²) in [5.41, 5.74) is 0.257. The molecule has 0 bridgehead atoms. The molecular weight excluding hydrogens is 947 g/mol. The molecule has 2 saturated heterocycles. The van der Waals surface area contributed by atoms with Gasteiger partial charge in [-0.3, -0.25) is 38.4 Å². The first-order valence-electron chi connectivity index (χ1n) is 25.3. The number of likely N-dealkylation sites (tertiary alicyclic amines) is 2. The maximum Gasteiger partial charge on any atom is 0.251 e. The predicted molar refractivity (Wildman–Crippen MR) is 279 cm³/mol. The average Bonchev–Trinajstić information content (AvgIpc) is 4.01. The SMILES string of the molecule is CN[C@@H](C)C(=O)N[C@H](C(=O)N1C[C@@H](CC(=O)c2ccc(C(=O)N[C@H]3C[C@@H](C(=O)N[C@@H](CO)c4ccccc4)N(C(=O)[C@@H](NC(=O)[C@H](C)NC)C(C)(C)C)C3)cc2)C[C@H]1C(=O)N[C@@H](CO)c1ccccc1)C(C)(C)C. The zero-order valence-corrected chi connectivity index (χ0v) is 44.4. The predicted octanol–water partition coefficient (Wildman–Crippen LogP) is 2.15. The van der Waals surface area contributed by atoms with E-state index in [-0.39, 0.29) is 49.3 Å². The summed E-state index contributed by atoms with van der Waals surface area (Å²) in [6.45, 7) is 13.3. The van der Waals surface area contributed by atoms with E-state index in [1.165, 1.54) is 34.1 Å². The Labute approximate surface area is 434 Å². The van der Waals surface area contributed by atoms with Crippen molar-refractivity contribution in [3.8, 4) is 0 Å². The van der Waals surface area contributed by atoms with Gasteiger partial charge in [0.15, 0.2) is 5.78 Å². The van der Waals surface area contributed by atoms with Crippen LogP contribution >= 0.6 is 0 Å². The summed E-state index contributed by atoms with van der Waals surface area (Å²) < 4.78 is 0. The van der Waals surface area contributed by atoms with Gasteiger partial charge in [0.05, 0.1) is 37.4 Å². The number of carbonyl (C=O) groups is 8. The average molecular weight is 1020 g/mol. The second kappa shape index (κ2) is 25.6. The zero-order chi connectivity index (χ0) is 54.7. The van der Waals surface area contributed by atoms with Crippen LogP contribution in [0.15, 0.2) is 84.9 Å². The Hall–Kier alpha value is -6.54. The van der Waals surface area contributed by atoms with Gasteiger partial charge < -0.3 is 57.2 Å². The first-order valence-corrected chi connectivity index (χ1v) is 25.3. The van der Waals surface area contributed by atoms with Gasteiger partial charge in [-0.05, 0) is 80.8 Å². The number of rotatable bonds is 21. The molecule has 2 fully saturated rings. The number of ketones is 1. The van der Waals surface area contributed by atoms with Crippen molar-refractivity contribution >= 4 is 47.1 Å². The second-order valence-electron chi connectivity index (χ2n) is 21.7. The second-order valence-corrected chi connectivity index (χ2v) is 21.7. The van der Waals surface area contributed by atoms with Gasteiger partial charge >= 0.3 is 0 Å². The number of hydrogen-bond acceptors (Lipinski definition) is 12. The van der Waals surface area contributed by atoms with Gasteiger partial charge in [0.25, 0.3) is 5.91 Å². The van der Waals surface area contributed by atoms with Crippen molar-refractivity contribution in [1.29, 1.82) is 0 Å². The fourth-order valence-corrected chi connectivity index (χ4v) is 9.25. The third kappa shape index (κ3) is 14.8. The van der Waals surface area contributed by atoms with Crippen LogP contribution in [0.2, 0.25) is 0 Å². The number of likely N-dealkylation sites (N-methyl/N-ethyl adjacent to an activating group) is 2. The van der Waals surface area contributed by atoms with E-state index in [0.29, 0.717) is 11.1 Å². The van der Waals surface area contributed by atoms with Crippen LogP contribution in [0.5, 0.6) is 0 Å². The number of aliphatic hydroxyl groups excluding tert-OH is 2. The van der Waals surface area contributed by atoms with Gasteiger partial charge in [-0.15, -0.1) is 0 Å². The van der Waals surface area contributed by atoms with E-state index in [4.69, 9.17) is 0 Å². The van der Waals surface area contributed by atoms with E-state index in [9.17, 15) is 48.6 Å². The van der Waals surface area contributed by atoms with Crippen molar-refractivity contribution in [2.24, 2.45) is 16.7 Å². The first kappa shape index (κ1) is 58.4. The normalized spacial score (nSPS) is 20.3. The molecule has 2 heterocycles. The number of carbonyl (C=O) groups excluding carboxylic acids is 8. The Morgan fingerprint density at radius 3 is 1.38 bits per heavy atom. The summed E-state index contributed by atoms with van der Waals surface area (Å²) in [5.74, 6) is -4.17. The Morgan fingerprint density at radius 1 is 0.568 bits per heavy atom. The highest BCUT2D eigenvalue weighted by Crippen LogP contribution is 2.32. The summed E-state index contributed by atoms with van der Waals surface area (Å²) in [6.07, 6.45) is 0.0970. The number of benzene rings is 3. The van der Waals surface area contributed by atoms with Gasteiger partial charge in [-0.2, -0.15) is 0 Å². The van der Waals surface area contributed by atoms with Crippen molar-refractivity contribution in [3.63, 3.8) is 0 Å². The molecule has 0 radical (unpaired) electrons. The fourth-order valence-electron chi connectivity index (χ4n) is 9.25. The minimum Gasteiger partial charge on any atom is -0.394 e. The zero-order valence-electron chi connectivity index (χ0n) is 44.4. The molecule has 402 valence electrons. The number of nitrogens with one attached hydrogen (secondary N) is 7. The number of amides is 7. The Balaban J connectivity index is 1.33. The molecule has 2 aliphatic heterocycles.